The summed E-state index contributed by atoms with van der Waals surface area (Å²) in [6.45, 7) is 5.96. The Morgan fingerprint density at radius 1 is 1.16 bits per heavy atom. The van der Waals surface area contributed by atoms with Gasteiger partial charge in [0, 0.05) is 56.8 Å². The third kappa shape index (κ3) is 3.45. The van der Waals surface area contributed by atoms with Crippen molar-refractivity contribution < 1.29 is 0 Å². The molecule has 5 rings (SSSR count). The minimum absolute atomic E-state index is 0.616. The van der Waals surface area contributed by atoms with Crippen LogP contribution in [0.15, 0.2) is 73.0 Å². The highest BCUT2D eigenvalue weighted by molar-refractivity contribution is 7.11. The molecule has 0 saturated heterocycles. The second-order valence-corrected chi connectivity index (χ2v) is 8.16. The highest BCUT2D eigenvalue weighted by atomic mass is 32.1. The normalized spacial score (nSPS) is 11.8. The zero-order valence-corrected chi connectivity index (χ0v) is 17.7. The highest BCUT2D eigenvalue weighted by Crippen LogP contribution is 2.35. The minimum Gasteiger partial charge on any atom is -0.397 e. The molecule has 7 heteroatoms. The first-order valence-corrected chi connectivity index (χ1v) is 10.6. The summed E-state index contributed by atoms with van der Waals surface area (Å²) in [5.41, 5.74) is 14.2. The third-order valence-corrected chi connectivity index (χ3v) is 6.05. The quantitative estimate of drug-likeness (QED) is 0.321. The van der Waals surface area contributed by atoms with Crippen LogP contribution in [0, 0.1) is 6.92 Å². The van der Waals surface area contributed by atoms with Crippen LogP contribution >= 0.6 is 11.3 Å². The van der Waals surface area contributed by atoms with Crippen LogP contribution in [0.5, 0.6) is 0 Å². The van der Waals surface area contributed by atoms with Gasteiger partial charge in [0.05, 0.1) is 17.1 Å². The van der Waals surface area contributed by atoms with Crippen molar-refractivity contribution in [3.63, 3.8) is 0 Å². The van der Waals surface area contributed by atoms with Gasteiger partial charge in [0.2, 0.25) is 0 Å². The van der Waals surface area contributed by atoms with Crippen molar-refractivity contribution in [2.24, 2.45) is 0 Å². The van der Waals surface area contributed by atoms with Gasteiger partial charge in [-0.1, -0.05) is 24.8 Å². The van der Waals surface area contributed by atoms with E-state index in [1.165, 1.54) is 4.88 Å². The smallest absolute Gasteiger partial charge is 0.181 e. The Morgan fingerprint density at radius 3 is 2.81 bits per heavy atom. The molecule has 31 heavy (non-hydrogen) atoms. The van der Waals surface area contributed by atoms with Gasteiger partial charge >= 0.3 is 0 Å². The molecular weight excluding hydrogens is 404 g/mol. The highest BCUT2D eigenvalue weighted by Gasteiger charge is 2.17. The lowest BCUT2D eigenvalue weighted by atomic mass is 10.0. The Labute approximate surface area is 183 Å². The number of hydrogen-bond acceptors (Lipinski definition) is 5. The van der Waals surface area contributed by atoms with Gasteiger partial charge in [0.1, 0.15) is 0 Å². The first kappa shape index (κ1) is 19.0. The number of aryl methyl sites for hydroxylation is 1. The van der Waals surface area contributed by atoms with Crippen molar-refractivity contribution in [1.82, 2.24) is 25.1 Å². The second kappa shape index (κ2) is 7.70. The number of nitrogens with two attached hydrogens (primary N) is 1. The van der Waals surface area contributed by atoms with Crippen LogP contribution in [-0.4, -0.2) is 25.1 Å². The molecule has 0 aliphatic carbocycles. The van der Waals surface area contributed by atoms with E-state index in [4.69, 9.17) is 5.73 Å². The van der Waals surface area contributed by atoms with Gasteiger partial charge < -0.3 is 10.7 Å². The average Bonchev–Trinajstić information content (AvgIpc) is 3.51. The summed E-state index contributed by atoms with van der Waals surface area (Å²) in [4.78, 5) is 13.4. The number of thiophene rings is 1. The van der Waals surface area contributed by atoms with E-state index in [0.29, 0.717) is 11.3 Å². The molecule has 0 aliphatic heterocycles. The number of pyridine rings is 2. The van der Waals surface area contributed by atoms with Crippen molar-refractivity contribution in [1.29, 1.82) is 0 Å². The van der Waals surface area contributed by atoms with Gasteiger partial charge in [-0.3, -0.25) is 10.1 Å². The number of nitrogens with one attached hydrogen (secondary N) is 2. The Bertz CT molecular complexity index is 1420. The molecule has 0 spiro atoms. The summed E-state index contributed by atoms with van der Waals surface area (Å²) in [6, 6.07) is 10.3. The molecule has 0 bridgehead atoms. The summed E-state index contributed by atoms with van der Waals surface area (Å²) >= 11 is 1.71. The van der Waals surface area contributed by atoms with E-state index in [9.17, 15) is 0 Å². The SMILES string of the molecule is C=C/C=C(/c1cccs1)c1cc(-c2[nH]nc3ncc(-c4cncc(N)c4)cc23)[nH]c1C. The largest absolute Gasteiger partial charge is 0.397 e. The summed E-state index contributed by atoms with van der Waals surface area (Å²) in [5, 5.41) is 10.5. The molecule has 0 atom stereocenters. The van der Waals surface area contributed by atoms with Crippen molar-refractivity contribution in [3.8, 4) is 22.5 Å². The second-order valence-electron chi connectivity index (χ2n) is 7.22. The Balaban J connectivity index is 1.62. The predicted octanol–water partition coefficient (Wildman–Crippen LogP) is 5.58. The summed E-state index contributed by atoms with van der Waals surface area (Å²) in [5.74, 6) is 0. The van der Waals surface area contributed by atoms with Crippen molar-refractivity contribution in [3.05, 3.63) is 89.2 Å². The van der Waals surface area contributed by atoms with Crippen LogP contribution in [0.25, 0.3) is 39.1 Å². The fourth-order valence-electron chi connectivity index (χ4n) is 3.71. The molecular formula is C24H20N6S. The number of hydrogen-bond donors (Lipinski definition) is 3. The van der Waals surface area contributed by atoms with E-state index in [2.05, 4.69) is 68.3 Å². The molecule has 0 aliphatic rings. The van der Waals surface area contributed by atoms with Crippen molar-refractivity contribution in [2.75, 3.05) is 5.73 Å². The van der Waals surface area contributed by atoms with Gasteiger partial charge in [-0.2, -0.15) is 5.10 Å². The monoisotopic (exact) mass is 424 g/mol. The lowest BCUT2D eigenvalue weighted by Gasteiger charge is -2.03. The molecule has 0 saturated carbocycles. The number of rotatable bonds is 5. The summed E-state index contributed by atoms with van der Waals surface area (Å²) < 4.78 is 0. The zero-order chi connectivity index (χ0) is 21.4. The van der Waals surface area contributed by atoms with Crippen LogP contribution in [0.2, 0.25) is 0 Å². The van der Waals surface area contributed by atoms with E-state index < -0.39 is 0 Å². The topological polar surface area (TPSA) is 96.3 Å². The van der Waals surface area contributed by atoms with Gasteiger partial charge in [-0.25, -0.2) is 4.98 Å². The standard InChI is InChI=1S/C24H20N6S/c1-3-5-18(22-6-4-7-31-22)19-10-21(28-14(19)2)23-20-9-16(12-27-24(20)30-29-23)15-8-17(25)13-26-11-15/h3-13,28H,1,25H2,2H3,(H,27,29,30)/b18-5+. The van der Waals surface area contributed by atoms with E-state index in [1.807, 2.05) is 18.2 Å². The third-order valence-electron chi connectivity index (χ3n) is 5.15. The maximum atomic E-state index is 5.90. The number of allylic oxidation sites excluding steroid dienone is 2. The van der Waals surface area contributed by atoms with Gasteiger partial charge in [-0.05, 0) is 36.6 Å². The zero-order valence-electron chi connectivity index (χ0n) is 16.9. The molecule has 152 valence electrons. The van der Waals surface area contributed by atoms with E-state index in [1.54, 1.807) is 29.9 Å². The van der Waals surface area contributed by atoms with Crippen molar-refractivity contribution in [2.45, 2.75) is 6.92 Å². The van der Waals surface area contributed by atoms with Crippen LogP contribution in [0.4, 0.5) is 5.69 Å². The molecule has 5 aromatic heterocycles. The number of aromatic amines is 2. The first-order valence-electron chi connectivity index (χ1n) is 9.76. The fourth-order valence-corrected chi connectivity index (χ4v) is 4.47. The predicted molar refractivity (Wildman–Crippen MR) is 128 cm³/mol. The minimum atomic E-state index is 0.616. The lowest BCUT2D eigenvalue weighted by Crippen LogP contribution is -1.88. The number of nitrogen functional groups attached to an aromatic ring is 1. The number of aromatic nitrogens is 5. The molecule has 6 nitrogen and oxygen atoms in total. The van der Waals surface area contributed by atoms with E-state index in [-0.39, 0.29) is 0 Å². The fraction of sp³-hybridized carbons (Fsp3) is 0.0417. The van der Waals surface area contributed by atoms with Crippen LogP contribution in [-0.2, 0) is 0 Å². The molecule has 5 aromatic rings. The molecule has 0 amide bonds. The molecule has 0 fully saturated rings. The van der Waals surface area contributed by atoms with Crippen LogP contribution in [0.3, 0.4) is 0 Å². The average molecular weight is 425 g/mol. The lowest BCUT2D eigenvalue weighted by molar-refractivity contribution is 1.09. The number of fused-ring (bicyclic) bond motifs is 1. The maximum absolute atomic E-state index is 5.90. The maximum Gasteiger partial charge on any atom is 0.181 e. The van der Waals surface area contributed by atoms with Crippen LogP contribution in [0.1, 0.15) is 16.1 Å². The Hall–Kier alpha value is -3.97. The van der Waals surface area contributed by atoms with Gasteiger partial charge in [0.15, 0.2) is 5.65 Å². The summed E-state index contributed by atoms with van der Waals surface area (Å²) in [7, 11) is 0. The van der Waals surface area contributed by atoms with E-state index in [0.717, 1.165) is 44.7 Å². The molecule has 5 heterocycles. The molecule has 0 aromatic carbocycles. The number of nitrogens with zero attached hydrogens (tertiary/aromatic N) is 3. The Morgan fingerprint density at radius 2 is 2.03 bits per heavy atom. The molecule has 4 N–H and O–H groups in total. The van der Waals surface area contributed by atoms with E-state index >= 15 is 0 Å². The van der Waals surface area contributed by atoms with Gasteiger partial charge in [-0.15, -0.1) is 11.3 Å². The van der Waals surface area contributed by atoms with Crippen molar-refractivity contribution >= 4 is 33.6 Å². The Kier molecular flexibility index (Phi) is 4.72. The molecule has 0 radical (unpaired) electrons. The van der Waals surface area contributed by atoms with Gasteiger partial charge in [0.25, 0.3) is 0 Å². The summed E-state index contributed by atoms with van der Waals surface area (Å²) in [6.07, 6.45) is 9.07. The first-order chi connectivity index (χ1) is 15.1. The number of H-pyrrole nitrogens is 2. The number of anilines is 1. The van der Waals surface area contributed by atoms with Crippen LogP contribution < -0.4 is 5.73 Å². The molecule has 0 unspecified atom stereocenters.